The van der Waals surface area contributed by atoms with Gasteiger partial charge in [-0.15, -0.1) is 0 Å². The molecule has 0 spiro atoms. The number of benzene rings is 1. The first kappa shape index (κ1) is 14.4. The van der Waals surface area contributed by atoms with Crippen LogP contribution >= 0.6 is 11.6 Å². The number of amides is 3. The first-order valence-electron chi connectivity index (χ1n) is 6.33. The van der Waals surface area contributed by atoms with Crippen molar-refractivity contribution in [2.75, 3.05) is 18.4 Å². The lowest BCUT2D eigenvalue weighted by Crippen LogP contribution is -2.40. The minimum Gasteiger partial charge on any atom is -0.337 e. The third-order valence-electron chi connectivity index (χ3n) is 3.11. The van der Waals surface area contributed by atoms with Gasteiger partial charge in [0.1, 0.15) is 0 Å². The first-order chi connectivity index (χ1) is 9.58. The molecule has 0 unspecified atom stereocenters. The third kappa shape index (κ3) is 3.74. The third-order valence-corrected chi connectivity index (χ3v) is 3.36. The van der Waals surface area contributed by atoms with Crippen LogP contribution in [0.15, 0.2) is 36.9 Å². The molecular formula is C14H16ClN3O2. The summed E-state index contributed by atoms with van der Waals surface area (Å²) in [6.07, 6.45) is 2.03. The number of halogens is 1. The standard InChI is InChI=1S/C14H16ClN3O2/c1-2-13(19)18-8-7-12(9-18)17-14(20)16-11-5-3-10(15)4-6-11/h2-6,12H,1,7-9H2,(H2,16,17,20)/t12-/m0/s1. The van der Waals surface area contributed by atoms with Crippen LogP contribution in [0.4, 0.5) is 10.5 Å². The van der Waals surface area contributed by atoms with Crippen LogP contribution in [0.25, 0.3) is 0 Å². The molecule has 2 N–H and O–H groups in total. The Hall–Kier alpha value is -2.01. The molecule has 1 saturated heterocycles. The van der Waals surface area contributed by atoms with E-state index in [0.717, 1.165) is 6.42 Å². The number of carbonyl (C=O) groups is 2. The van der Waals surface area contributed by atoms with E-state index in [1.807, 2.05) is 0 Å². The Kier molecular flexibility index (Phi) is 4.63. The maximum Gasteiger partial charge on any atom is 0.319 e. The van der Waals surface area contributed by atoms with Crippen LogP contribution in [0, 0.1) is 0 Å². The van der Waals surface area contributed by atoms with Gasteiger partial charge in [-0.2, -0.15) is 0 Å². The summed E-state index contributed by atoms with van der Waals surface area (Å²) in [6, 6.07) is 6.54. The molecule has 106 valence electrons. The topological polar surface area (TPSA) is 61.4 Å². The van der Waals surface area contributed by atoms with E-state index >= 15 is 0 Å². The van der Waals surface area contributed by atoms with E-state index in [0.29, 0.717) is 23.8 Å². The van der Waals surface area contributed by atoms with Crippen LogP contribution in [-0.2, 0) is 4.79 Å². The number of nitrogens with one attached hydrogen (secondary N) is 2. The normalized spacial score (nSPS) is 17.6. The van der Waals surface area contributed by atoms with Crippen molar-refractivity contribution < 1.29 is 9.59 Å². The first-order valence-corrected chi connectivity index (χ1v) is 6.70. The largest absolute Gasteiger partial charge is 0.337 e. The molecule has 1 heterocycles. The lowest BCUT2D eigenvalue weighted by molar-refractivity contribution is -0.125. The van der Waals surface area contributed by atoms with Gasteiger partial charge in [0.05, 0.1) is 0 Å². The van der Waals surface area contributed by atoms with E-state index < -0.39 is 0 Å². The van der Waals surface area contributed by atoms with E-state index in [4.69, 9.17) is 11.6 Å². The number of nitrogens with zero attached hydrogens (tertiary/aromatic N) is 1. The Balaban J connectivity index is 1.82. The van der Waals surface area contributed by atoms with Crippen molar-refractivity contribution in [1.29, 1.82) is 0 Å². The highest BCUT2D eigenvalue weighted by atomic mass is 35.5. The summed E-state index contributed by atoms with van der Waals surface area (Å²) in [5.74, 6) is -0.104. The van der Waals surface area contributed by atoms with Gasteiger partial charge >= 0.3 is 6.03 Å². The summed E-state index contributed by atoms with van der Waals surface area (Å²) in [5, 5.41) is 6.18. The highest BCUT2D eigenvalue weighted by Crippen LogP contribution is 2.14. The van der Waals surface area contributed by atoms with Crippen LogP contribution in [0.3, 0.4) is 0 Å². The second-order valence-corrected chi connectivity index (χ2v) is 5.02. The van der Waals surface area contributed by atoms with Crippen LogP contribution in [0.1, 0.15) is 6.42 Å². The van der Waals surface area contributed by atoms with Crippen LogP contribution in [-0.4, -0.2) is 36.0 Å². The van der Waals surface area contributed by atoms with Gasteiger partial charge in [0, 0.05) is 29.8 Å². The number of likely N-dealkylation sites (tertiary alicyclic amines) is 1. The number of rotatable bonds is 3. The SMILES string of the molecule is C=CC(=O)N1CC[C@H](NC(=O)Nc2ccc(Cl)cc2)C1. The van der Waals surface area contributed by atoms with Crippen molar-refractivity contribution in [3.8, 4) is 0 Å². The highest BCUT2D eigenvalue weighted by Gasteiger charge is 2.25. The van der Waals surface area contributed by atoms with Crippen LogP contribution < -0.4 is 10.6 Å². The van der Waals surface area contributed by atoms with Gasteiger partial charge in [0.2, 0.25) is 5.91 Å². The predicted molar refractivity (Wildman–Crippen MR) is 78.8 cm³/mol. The molecule has 6 heteroatoms. The second kappa shape index (κ2) is 6.43. The number of anilines is 1. The van der Waals surface area contributed by atoms with Gasteiger partial charge in [-0.3, -0.25) is 4.79 Å². The lowest BCUT2D eigenvalue weighted by atomic mass is 10.3. The summed E-state index contributed by atoms with van der Waals surface area (Å²) < 4.78 is 0. The van der Waals surface area contributed by atoms with Crippen molar-refractivity contribution >= 4 is 29.2 Å². The molecule has 1 atom stereocenters. The molecule has 20 heavy (non-hydrogen) atoms. The summed E-state index contributed by atoms with van der Waals surface area (Å²) in [7, 11) is 0. The number of carbonyl (C=O) groups excluding carboxylic acids is 2. The Labute approximate surface area is 122 Å². The molecule has 0 saturated carbocycles. The molecule has 3 amide bonds. The zero-order valence-corrected chi connectivity index (χ0v) is 11.7. The maximum absolute atomic E-state index is 11.8. The van der Waals surface area contributed by atoms with Gasteiger partial charge in [-0.05, 0) is 36.8 Å². The zero-order chi connectivity index (χ0) is 14.5. The maximum atomic E-state index is 11.8. The Morgan fingerprint density at radius 2 is 2.05 bits per heavy atom. The Bertz CT molecular complexity index is 516. The molecule has 1 aromatic rings. The average Bonchev–Trinajstić information content (AvgIpc) is 2.89. The molecule has 1 aliphatic rings. The highest BCUT2D eigenvalue weighted by molar-refractivity contribution is 6.30. The fraction of sp³-hybridized carbons (Fsp3) is 0.286. The number of hydrogen-bond acceptors (Lipinski definition) is 2. The van der Waals surface area contributed by atoms with Crippen molar-refractivity contribution in [1.82, 2.24) is 10.2 Å². The Morgan fingerprint density at radius 1 is 1.35 bits per heavy atom. The molecule has 2 rings (SSSR count). The predicted octanol–water partition coefficient (Wildman–Crippen LogP) is 2.25. The summed E-state index contributed by atoms with van der Waals surface area (Å²) in [5.41, 5.74) is 0.670. The minimum atomic E-state index is -0.287. The average molecular weight is 294 g/mol. The molecule has 5 nitrogen and oxygen atoms in total. The Morgan fingerprint density at radius 3 is 2.70 bits per heavy atom. The van der Waals surface area contributed by atoms with E-state index in [2.05, 4.69) is 17.2 Å². The lowest BCUT2D eigenvalue weighted by Gasteiger charge is -2.15. The van der Waals surface area contributed by atoms with Gasteiger partial charge < -0.3 is 15.5 Å². The number of hydrogen-bond donors (Lipinski definition) is 2. The van der Waals surface area contributed by atoms with Crippen molar-refractivity contribution in [3.05, 3.63) is 41.9 Å². The van der Waals surface area contributed by atoms with Gasteiger partial charge in [-0.1, -0.05) is 18.2 Å². The van der Waals surface area contributed by atoms with Gasteiger partial charge in [-0.25, -0.2) is 4.79 Å². The van der Waals surface area contributed by atoms with Crippen LogP contribution in [0.5, 0.6) is 0 Å². The fourth-order valence-corrected chi connectivity index (χ4v) is 2.22. The zero-order valence-electron chi connectivity index (χ0n) is 10.9. The van der Waals surface area contributed by atoms with E-state index in [9.17, 15) is 9.59 Å². The molecule has 0 aromatic heterocycles. The van der Waals surface area contributed by atoms with E-state index in [1.165, 1.54) is 6.08 Å². The smallest absolute Gasteiger partial charge is 0.319 e. The molecule has 1 aromatic carbocycles. The van der Waals surface area contributed by atoms with Crippen molar-refractivity contribution in [2.45, 2.75) is 12.5 Å². The van der Waals surface area contributed by atoms with E-state index in [1.54, 1.807) is 29.2 Å². The second-order valence-electron chi connectivity index (χ2n) is 4.58. The molecule has 0 bridgehead atoms. The van der Waals surface area contributed by atoms with Gasteiger partial charge in [0.25, 0.3) is 0 Å². The fourth-order valence-electron chi connectivity index (χ4n) is 2.09. The van der Waals surface area contributed by atoms with Crippen molar-refractivity contribution in [2.24, 2.45) is 0 Å². The summed E-state index contributed by atoms with van der Waals surface area (Å²) in [6.45, 7) is 4.60. The summed E-state index contributed by atoms with van der Waals surface area (Å²) in [4.78, 5) is 24.9. The van der Waals surface area contributed by atoms with E-state index in [-0.39, 0.29) is 18.0 Å². The molecular weight excluding hydrogens is 278 g/mol. The monoisotopic (exact) mass is 293 g/mol. The van der Waals surface area contributed by atoms with Crippen LogP contribution in [0.2, 0.25) is 5.02 Å². The molecule has 1 aliphatic heterocycles. The number of urea groups is 1. The summed E-state index contributed by atoms with van der Waals surface area (Å²) >= 11 is 5.77. The van der Waals surface area contributed by atoms with Crippen molar-refractivity contribution in [3.63, 3.8) is 0 Å². The molecule has 0 radical (unpaired) electrons. The molecule has 1 fully saturated rings. The van der Waals surface area contributed by atoms with Gasteiger partial charge in [0.15, 0.2) is 0 Å². The molecule has 0 aliphatic carbocycles. The minimum absolute atomic E-state index is 0.0359. The quantitative estimate of drug-likeness (QED) is 0.840.